The molecule has 7 nitrogen and oxygen atoms in total. The van der Waals surface area contributed by atoms with Crippen molar-refractivity contribution in [2.45, 2.75) is 19.9 Å². The highest BCUT2D eigenvalue weighted by molar-refractivity contribution is 6.33. The lowest BCUT2D eigenvalue weighted by molar-refractivity contribution is -0.120. The summed E-state index contributed by atoms with van der Waals surface area (Å²) < 4.78 is 27.8. The Balaban J connectivity index is 1.73. The van der Waals surface area contributed by atoms with Crippen molar-refractivity contribution < 1.29 is 23.2 Å². The van der Waals surface area contributed by atoms with E-state index in [1.165, 1.54) is 6.07 Å². The Morgan fingerprint density at radius 1 is 1.16 bits per heavy atom. The largest absolute Gasteiger partial charge is 0.359 e. The van der Waals surface area contributed by atoms with Gasteiger partial charge in [0.2, 0.25) is 11.8 Å². The van der Waals surface area contributed by atoms with Crippen molar-refractivity contribution in [1.29, 1.82) is 0 Å². The molecule has 1 aliphatic rings. The molecule has 3 rings (SSSR count). The summed E-state index contributed by atoms with van der Waals surface area (Å²) >= 11 is 6.36. The molecule has 3 N–H and O–H groups in total. The molecule has 0 unspecified atom stereocenters. The fourth-order valence-electron chi connectivity index (χ4n) is 3.37. The molecule has 0 spiro atoms. The van der Waals surface area contributed by atoms with Crippen molar-refractivity contribution in [3.05, 3.63) is 58.6 Å². The summed E-state index contributed by atoms with van der Waals surface area (Å²) in [6, 6.07) is 6.89. The fourth-order valence-corrected chi connectivity index (χ4v) is 3.67. The number of halogens is 3. The minimum Gasteiger partial charge on any atom is -0.359 e. The second-order valence-corrected chi connectivity index (χ2v) is 8.13. The molecular weight excluding hydrogens is 442 g/mol. The molecule has 2 aromatic carbocycles. The summed E-state index contributed by atoms with van der Waals surface area (Å²) in [5.41, 5.74) is 0.286. The maximum atomic E-state index is 13.9. The van der Waals surface area contributed by atoms with Gasteiger partial charge in [-0.3, -0.25) is 14.4 Å². The number of hydrogen-bond donors (Lipinski definition) is 3. The topological polar surface area (TPSA) is 90.5 Å². The Morgan fingerprint density at radius 2 is 1.84 bits per heavy atom. The summed E-state index contributed by atoms with van der Waals surface area (Å²) in [6.07, 6.45) is 0. The number of amides is 3. The van der Waals surface area contributed by atoms with E-state index in [4.69, 9.17) is 11.6 Å². The van der Waals surface area contributed by atoms with Crippen molar-refractivity contribution in [3.63, 3.8) is 0 Å². The van der Waals surface area contributed by atoms with Gasteiger partial charge in [-0.2, -0.15) is 0 Å². The Kier molecular flexibility index (Phi) is 7.29. The second kappa shape index (κ2) is 9.95. The van der Waals surface area contributed by atoms with Crippen LogP contribution in [0.1, 0.15) is 24.2 Å². The molecule has 0 saturated carbocycles. The average molecular weight is 465 g/mol. The molecule has 0 aromatic heterocycles. The van der Waals surface area contributed by atoms with E-state index in [0.29, 0.717) is 29.5 Å². The standard InChI is InChI=1S/C22H23ClF2N4O3/c1-12(2)20(28-21(31)19-15(24)4-3-5-16(19)25)22(32)27-13-6-7-17(14(23)10-13)29-9-8-26-18(30)11-29/h3-7,10,12,20H,8-9,11H2,1-2H3,(H,26,30)(H,27,32)(H,28,31)/t20-/m0/s1. The third-order valence-electron chi connectivity index (χ3n) is 5.02. The third-order valence-corrected chi connectivity index (χ3v) is 5.32. The van der Waals surface area contributed by atoms with Crippen LogP contribution in [0.3, 0.4) is 0 Å². The molecule has 10 heteroatoms. The van der Waals surface area contributed by atoms with Crippen molar-refractivity contribution in [3.8, 4) is 0 Å². The van der Waals surface area contributed by atoms with E-state index in [0.717, 1.165) is 18.2 Å². The van der Waals surface area contributed by atoms with Crippen molar-refractivity contribution in [2.24, 2.45) is 5.92 Å². The fraction of sp³-hybridized carbons (Fsp3) is 0.318. The van der Waals surface area contributed by atoms with Gasteiger partial charge in [0, 0.05) is 18.8 Å². The zero-order valence-electron chi connectivity index (χ0n) is 17.5. The van der Waals surface area contributed by atoms with Crippen molar-refractivity contribution in [2.75, 3.05) is 29.9 Å². The first kappa shape index (κ1) is 23.5. The van der Waals surface area contributed by atoms with Gasteiger partial charge >= 0.3 is 0 Å². The SMILES string of the molecule is CC(C)[C@H](NC(=O)c1c(F)cccc1F)C(=O)Nc1ccc(N2CCNC(=O)C2)c(Cl)c1. The molecule has 1 saturated heterocycles. The Labute approximate surface area is 189 Å². The number of anilines is 2. The molecule has 0 bridgehead atoms. The molecule has 1 atom stereocenters. The predicted molar refractivity (Wildman–Crippen MR) is 118 cm³/mol. The van der Waals surface area contributed by atoms with E-state index in [2.05, 4.69) is 16.0 Å². The minimum atomic E-state index is -1.05. The highest BCUT2D eigenvalue weighted by atomic mass is 35.5. The maximum Gasteiger partial charge on any atom is 0.257 e. The van der Waals surface area contributed by atoms with Crippen molar-refractivity contribution in [1.82, 2.24) is 10.6 Å². The zero-order chi connectivity index (χ0) is 23.4. The lowest BCUT2D eigenvalue weighted by Crippen LogP contribution is -2.48. The van der Waals surface area contributed by atoms with E-state index in [-0.39, 0.29) is 18.4 Å². The van der Waals surface area contributed by atoms with Crippen LogP contribution in [0.5, 0.6) is 0 Å². The van der Waals surface area contributed by atoms with Crippen LogP contribution in [0, 0.1) is 17.6 Å². The summed E-state index contributed by atoms with van der Waals surface area (Å²) in [5, 5.41) is 8.14. The van der Waals surface area contributed by atoms with E-state index < -0.39 is 35.1 Å². The van der Waals surface area contributed by atoms with Gasteiger partial charge in [0.1, 0.15) is 23.2 Å². The number of carbonyl (C=O) groups is 3. The highest BCUT2D eigenvalue weighted by Gasteiger charge is 2.27. The van der Waals surface area contributed by atoms with Crippen LogP contribution in [-0.4, -0.2) is 43.4 Å². The molecule has 1 fully saturated rings. The number of benzene rings is 2. The summed E-state index contributed by atoms with van der Waals surface area (Å²) in [4.78, 5) is 38.7. The van der Waals surface area contributed by atoms with Crippen LogP contribution in [0.25, 0.3) is 0 Å². The first-order valence-electron chi connectivity index (χ1n) is 10.0. The normalized spacial score (nSPS) is 14.7. The molecule has 32 heavy (non-hydrogen) atoms. The first-order valence-corrected chi connectivity index (χ1v) is 10.4. The molecule has 0 aliphatic carbocycles. The molecule has 1 aliphatic heterocycles. The number of rotatable bonds is 6. The van der Waals surface area contributed by atoms with Gasteiger partial charge in [-0.25, -0.2) is 8.78 Å². The monoisotopic (exact) mass is 464 g/mol. The lowest BCUT2D eigenvalue weighted by Gasteiger charge is -2.29. The third kappa shape index (κ3) is 5.34. The second-order valence-electron chi connectivity index (χ2n) is 7.72. The van der Waals surface area contributed by atoms with E-state index in [9.17, 15) is 23.2 Å². The minimum absolute atomic E-state index is 0.105. The summed E-state index contributed by atoms with van der Waals surface area (Å²) in [7, 11) is 0. The van der Waals surface area contributed by atoms with Crippen LogP contribution >= 0.6 is 11.6 Å². The number of nitrogens with zero attached hydrogens (tertiary/aromatic N) is 1. The van der Waals surface area contributed by atoms with Gasteiger partial charge in [-0.15, -0.1) is 0 Å². The quantitative estimate of drug-likeness (QED) is 0.613. The van der Waals surface area contributed by atoms with Crippen LogP contribution in [0.4, 0.5) is 20.2 Å². The first-order chi connectivity index (χ1) is 15.2. The molecule has 0 radical (unpaired) electrons. The molecular formula is C22H23ClF2N4O3. The molecule has 1 heterocycles. The van der Waals surface area contributed by atoms with Crippen LogP contribution < -0.4 is 20.9 Å². The Bertz CT molecular complexity index is 1030. The lowest BCUT2D eigenvalue weighted by atomic mass is 10.0. The van der Waals surface area contributed by atoms with Gasteiger partial charge < -0.3 is 20.9 Å². The average Bonchev–Trinajstić information content (AvgIpc) is 2.71. The number of hydrogen-bond acceptors (Lipinski definition) is 4. The zero-order valence-corrected chi connectivity index (χ0v) is 18.3. The predicted octanol–water partition coefficient (Wildman–Crippen LogP) is 2.95. The number of carbonyl (C=O) groups excluding carboxylic acids is 3. The number of nitrogens with one attached hydrogen (secondary N) is 3. The molecule has 170 valence electrons. The van der Waals surface area contributed by atoms with Crippen LogP contribution in [0.2, 0.25) is 5.02 Å². The van der Waals surface area contributed by atoms with E-state index >= 15 is 0 Å². The summed E-state index contributed by atoms with van der Waals surface area (Å²) in [6.45, 7) is 4.68. The Hall–Kier alpha value is -3.20. The van der Waals surface area contributed by atoms with Gasteiger partial charge in [-0.1, -0.05) is 31.5 Å². The van der Waals surface area contributed by atoms with Gasteiger partial charge in [0.05, 0.1) is 17.3 Å². The maximum absolute atomic E-state index is 13.9. The molecule has 3 amide bonds. The Morgan fingerprint density at radius 3 is 2.44 bits per heavy atom. The smallest absolute Gasteiger partial charge is 0.257 e. The summed E-state index contributed by atoms with van der Waals surface area (Å²) in [5.74, 6) is -4.09. The van der Waals surface area contributed by atoms with Crippen LogP contribution in [-0.2, 0) is 9.59 Å². The van der Waals surface area contributed by atoms with Crippen molar-refractivity contribution >= 4 is 40.7 Å². The van der Waals surface area contributed by atoms with E-state index in [1.807, 2.05) is 4.90 Å². The highest BCUT2D eigenvalue weighted by Crippen LogP contribution is 2.29. The van der Waals surface area contributed by atoms with Gasteiger partial charge in [0.15, 0.2) is 0 Å². The van der Waals surface area contributed by atoms with E-state index in [1.54, 1.807) is 26.0 Å². The van der Waals surface area contributed by atoms with Gasteiger partial charge in [0.25, 0.3) is 5.91 Å². The number of piperazine rings is 1. The molecule has 2 aromatic rings. The van der Waals surface area contributed by atoms with Crippen LogP contribution in [0.15, 0.2) is 36.4 Å². The van der Waals surface area contributed by atoms with Gasteiger partial charge in [-0.05, 0) is 36.2 Å².